The molecule has 1 amide bonds. The van der Waals surface area contributed by atoms with Crippen LogP contribution in [0.2, 0.25) is 5.02 Å². The van der Waals surface area contributed by atoms with Crippen LogP contribution in [-0.4, -0.2) is 38.7 Å². The largest absolute Gasteiger partial charge is 0.340 e. The minimum Gasteiger partial charge on any atom is -0.340 e. The molecule has 136 valence electrons. The molecule has 2 aromatic rings. The number of aromatic nitrogens is 3. The van der Waals surface area contributed by atoms with Gasteiger partial charge in [0.1, 0.15) is 5.82 Å². The molecule has 6 heteroatoms. The topological polar surface area (TPSA) is 51.0 Å². The first-order valence-corrected chi connectivity index (χ1v) is 10.0. The van der Waals surface area contributed by atoms with E-state index in [1.54, 1.807) is 0 Å². The second-order valence-electron chi connectivity index (χ2n) is 7.87. The van der Waals surface area contributed by atoms with E-state index in [9.17, 15) is 4.79 Å². The number of carbonyl (C=O) groups is 1. The zero-order valence-corrected chi connectivity index (χ0v) is 15.6. The van der Waals surface area contributed by atoms with E-state index in [1.807, 2.05) is 33.8 Å². The first-order valence-electron chi connectivity index (χ1n) is 9.65. The van der Waals surface area contributed by atoms with Crippen molar-refractivity contribution < 1.29 is 4.79 Å². The summed E-state index contributed by atoms with van der Waals surface area (Å²) in [4.78, 5) is 20.2. The fourth-order valence-electron chi connectivity index (χ4n) is 4.27. The average Bonchev–Trinajstić information content (AvgIpc) is 3.40. The van der Waals surface area contributed by atoms with Crippen molar-refractivity contribution in [2.45, 2.75) is 56.4 Å². The predicted octanol–water partition coefficient (Wildman–Crippen LogP) is 3.32. The molecule has 2 heterocycles. The Morgan fingerprint density at radius 2 is 1.88 bits per heavy atom. The van der Waals surface area contributed by atoms with Crippen molar-refractivity contribution in [2.75, 3.05) is 13.1 Å². The number of nitrogens with zero attached hydrogens (tertiary/aromatic N) is 4. The highest BCUT2D eigenvalue weighted by Crippen LogP contribution is 2.45. The van der Waals surface area contributed by atoms with Crippen LogP contribution >= 0.6 is 11.6 Å². The lowest BCUT2D eigenvalue weighted by Crippen LogP contribution is -2.51. The van der Waals surface area contributed by atoms with Crippen molar-refractivity contribution in [1.29, 1.82) is 0 Å². The molecule has 1 aromatic heterocycles. The molecular formula is C20H23ClN4O. The molecule has 0 radical (unpaired) electrons. The second kappa shape index (κ2) is 6.08. The molecule has 26 heavy (non-hydrogen) atoms. The summed E-state index contributed by atoms with van der Waals surface area (Å²) < 4.78 is 2.02. The number of benzene rings is 1. The highest BCUT2D eigenvalue weighted by atomic mass is 35.5. The molecule has 0 spiro atoms. The van der Waals surface area contributed by atoms with E-state index < -0.39 is 0 Å². The highest BCUT2D eigenvalue weighted by molar-refractivity contribution is 6.30. The van der Waals surface area contributed by atoms with Gasteiger partial charge in [0.05, 0.1) is 12.0 Å². The molecule has 0 atom stereocenters. The van der Waals surface area contributed by atoms with Crippen LogP contribution in [0.15, 0.2) is 24.3 Å². The molecule has 1 aromatic carbocycles. The predicted molar refractivity (Wildman–Crippen MR) is 99.3 cm³/mol. The van der Waals surface area contributed by atoms with Crippen molar-refractivity contribution >= 4 is 17.5 Å². The van der Waals surface area contributed by atoms with E-state index in [1.165, 1.54) is 12.8 Å². The molecule has 0 N–H and O–H groups in total. The fourth-order valence-corrected chi connectivity index (χ4v) is 4.39. The normalized spacial score (nSPS) is 21.7. The van der Waals surface area contributed by atoms with Gasteiger partial charge in [-0.3, -0.25) is 4.79 Å². The fraction of sp³-hybridized carbons (Fsp3) is 0.550. The summed E-state index contributed by atoms with van der Waals surface area (Å²) in [5, 5.41) is 5.40. The molecule has 5 nitrogen and oxygen atoms in total. The number of hydrogen-bond donors (Lipinski definition) is 0. The van der Waals surface area contributed by atoms with Crippen LogP contribution in [0.4, 0.5) is 0 Å². The van der Waals surface area contributed by atoms with Gasteiger partial charge in [0.25, 0.3) is 0 Å². The lowest BCUT2D eigenvalue weighted by molar-refractivity contribution is -0.141. The Morgan fingerprint density at radius 3 is 2.54 bits per heavy atom. The van der Waals surface area contributed by atoms with Crippen LogP contribution in [0.25, 0.3) is 0 Å². The van der Waals surface area contributed by atoms with Crippen LogP contribution < -0.4 is 0 Å². The van der Waals surface area contributed by atoms with Gasteiger partial charge >= 0.3 is 0 Å². The molecule has 0 unspecified atom stereocenters. The van der Waals surface area contributed by atoms with Gasteiger partial charge in [-0.25, -0.2) is 9.67 Å². The molecular weight excluding hydrogens is 348 g/mol. The number of rotatable bonds is 3. The van der Waals surface area contributed by atoms with Crippen molar-refractivity contribution in [3.8, 4) is 0 Å². The first-order chi connectivity index (χ1) is 12.7. The first kappa shape index (κ1) is 16.3. The summed E-state index contributed by atoms with van der Waals surface area (Å²) in [6, 6.07) is 7.83. The zero-order valence-electron chi connectivity index (χ0n) is 14.8. The quantitative estimate of drug-likeness (QED) is 0.832. The zero-order chi connectivity index (χ0) is 17.7. The van der Waals surface area contributed by atoms with E-state index in [2.05, 4.69) is 5.10 Å². The maximum absolute atomic E-state index is 13.4. The third-order valence-corrected chi connectivity index (χ3v) is 6.45. The molecule has 2 saturated carbocycles. The van der Waals surface area contributed by atoms with Crippen molar-refractivity contribution in [1.82, 2.24) is 19.7 Å². The smallest absolute Gasteiger partial charge is 0.233 e. The minimum absolute atomic E-state index is 0.263. The Kier molecular flexibility index (Phi) is 3.82. The number of halogens is 1. The van der Waals surface area contributed by atoms with Gasteiger partial charge in [0, 0.05) is 30.5 Å². The number of carbonyl (C=O) groups excluding carboxylic acids is 1. The van der Waals surface area contributed by atoms with E-state index in [0.717, 1.165) is 56.0 Å². The summed E-state index contributed by atoms with van der Waals surface area (Å²) in [6.45, 7) is 2.20. The molecule has 0 saturated heterocycles. The molecule has 2 aliphatic carbocycles. The van der Waals surface area contributed by atoms with Gasteiger partial charge in [-0.15, -0.1) is 0 Å². The van der Waals surface area contributed by atoms with Gasteiger partial charge < -0.3 is 4.90 Å². The summed E-state index contributed by atoms with van der Waals surface area (Å²) in [6.07, 6.45) is 6.20. The minimum atomic E-state index is -0.358. The van der Waals surface area contributed by atoms with Gasteiger partial charge in [0.2, 0.25) is 5.91 Å². The summed E-state index contributed by atoms with van der Waals surface area (Å²) >= 11 is 6.04. The van der Waals surface area contributed by atoms with Crippen LogP contribution in [-0.2, 0) is 23.2 Å². The molecule has 0 bridgehead atoms. The maximum Gasteiger partial charge on any atom is 0.233 e. The molecule has 1 aliphatic heterocycles. The number of amides is 1. The number of fused-ring (bicyclic) bond motifs is 1. The van der Waals surface area contributed by atoms with Gasteiger partial charge in [-0.2, -0.15) is 5.10 Å². The Bertz CT molecular complexity index is 810. The standard InChI is InChI=1S/C20H23ClN4O/c21-16-6-4-15(5-7-16)20(9-1-10-20)19(26)24-11-8-17-22-18(14-2-3-14)23-25(17)13-12-24/h4-7,14H,1-3,8-13H2. The lowest BCUT2D eigenvalue weighted by Gasteiger charge is -2.43. The van der Waals surface area contributed by atoms with Crippen LogP contribution in [0.1, 0.15) is 55.2 Å². The van der Waals surface area contributed by atoms with Crippen molar-refractivity contribution in [2.24, 2.45) is 0 Å². The molecule has 3 aliphatic rings. The van der Waals surface area contributed by atoms with Crippen molar-refractivity contribution in [3.63, 3.8) is 0 Å². The number of hydrogen-bond acceptors (Lipinski definition) is 3. The Labute approximate surface area is 158 Å². The van der Waals surface area contributed by atoms with E-state index in [4.69, 9.17) is 16.6 Å². The Morgan fingerprint density at radius 1 is 1.12 bits per heavy atom. The Balaban J connectivity index is 1.35. The molecule has 2 fully saturated rings. The van der Waals surface area contributed by atoms with Gasteiger partial charge in [0.15, 0.2) is 5.82 Å². The van der Waals surface area contributed by atoms with E-state index in [0.29, 0.717) is 17.5 Å². The second-order valence-corrected chi connectivity index (χ2v) is 8.30. The van der Waals surface area contributed by atoms with E-state index in [-0.39, 0.29) is 11.3 Å². The third-order valence-electron chi connectivity index (χ3n) is 6.19. The molecule has 5 rings (SSSR count). The van der Waals surface area contributed by atoms with E-state index >= 15 is 0 Å². The van der Waals surface area contributed by atoms with Crippen LogP contribution in [0, 0.1) is 0 Å². The van der Waals surface area contributed by atoms with Crippen molar-refractivity contribution in [3.05, 3.63) is 46.5 Å². The van der Waals surface area contributed by atoms with Gasteiger partial charge in [-0.1, -0.05) is 30.2 Å². The summed E-state index contributed by atoms with van der Waals surface area (Å²) in [5.41, 5.74) is 0.748. The lowest BCUT2D eigenvalue weighted by atomic mass is 9.63. The SMILES string of the molecule is O=C(N1CCc2nc(C3CC3)nn2CC1)C1(c2ccc(Cl)cc2)CCC1. The average molecular weight is 371 g/mol. The van der Waals surface area contributed by atoms with Crippen LogP contribution in [0.3, 0.4) is 0 Å². The summed E-state index contributed by atoms with van der Waals surface area (Å²) in [5.74, 6) is 2.89. The Hall–Kier alpha value is -1.88. The monoisotopic (exact) mass is 370 g/mol. The van der Waals surface area contributed by atoms with Crippen LogP contribution in [0.5, 0.6) is 0 Å². The highest BCUT2D eigenvalue weighted by Gasteiger charge is 2.47. The third kappa shape index (κ3) is 2.64. The summed E-state index contributed by atoms with van der Waals surface area (Å²) in [7, 11) is 0. The van der Waals surface area contributed by atoms with Gasteiger partial charge in [-0.05, 0) is 43.4 Å². The maximum atomic E-state index is 13.4.